The topological polar surface area (TPSA) is 33.2 Å². The summed E-state index contributed by atoms with van der Waals surface area (Å²) in [7, 11) is 1.74. The molecule has 0 aliphatic rings. The fourth-order valence-corrected chi connectivity index (χ4v) is 2.42. The van der Waals surface area contributed by atoms with Gasteiger partial charge in [0.2, 0.25) is 0 Å². The lowest BCUT2D eigenvalue weighted by atomic mass is 10.2. The van der Waals surface area contributed by atoms with E-state index in [4.69, 9.17) is 23.2 Å². The fourth-order valence-electron chi connectivity index (χ4n) is 1.49. The van der Waals surface area contributed by atoms with E-state index in [1.54, 1.807) is 23.3 Å². The lowest BCUT2D eigenvalue weighted by Crippen LogP contribution is -2.26. The number of hydrogen-bond acceptors (Lipinski definition) is 3. The monoisotopic (exact) mass is 300 g/mol. The number of pyridine rings is 1. The highest BCUT2D eigenvalue weighted by molar-refractivity contribution is 7.07. The van der Waals surface area contributed by atoms with Crippen LogP contribution in [0.3, 0.4) is 0 Å². The zero-order valence-corrected chi connectivity index (χ0v) is 11.9. The molecule has 0 spiro atoms. The van der Waals surface area contributed by atoms with Crippen molar-refractivity contribution in [3.63, 3.8) is 0 Å². The average Bonchev–Trinajstić information content (AvgIpc) is 2.84. The molecule has 0 saturated heterocycles. The van der Waals surface area contributed by atoms with E-state index in [0.717, 1.165) is 5.56 Å². The molecule has 1 amide bonds. The molecule has 18 heavy (non-hydrogen) atoms. The molecule has 0 radical (unpaired) electrons. The summed E-state index contributed by atoms with van der Waals surface area (Å²) in [6, 6.07) is 3.52. The van der Waals surface area contributed by atoms with Crippen LogP contribution in [0.1, 0.15) is 15.9 Å². The van der Waals surface area contributed by atoms with Gasteiger partial charge < -0.3 is 4.90 Å². The van der Waals surface area contributed by atoms with Crippen molar-refractivity contribution < 1.29 is 4.79 Å². The predicted molar refractivity (Wildman–Crippen MR) is 74.4 cm³/mol. The maximum absolute atomic E-state index is 12.1. The average molecular weight is 301 g/mol. The molecule has 0 atom stereocenters. The van der Waals surface area contributed by atoms with Crippen LogP contribution in [0.5, 0.6) is 0 Å². The molecule has 0 fully saturated rings. The van der Waals surface area contributed by atoms with E-state index in [1.807, 2.05) is 16.8 Å². The van der Waals surface area contributed by atoms with Crippen LogP contribution in [0.4, 0.5) is 0 Å². The van der Waals surface area contributed by atoms with E-state index in [2.05, 4.69) is 4.98 Å². The standard InChI is InChI=1S/C12H10Cl2N2OS/c1-16(6-8-2-3-18-7-8)12(17)9-4-10(13)11(14)15-5-9/h2-5,7H,6H2,1H3. The molecular formula is C12H10Cl2N2OS. The Morgan fingerprint density at radius 3 is 2.89 bits per heavy atom. The van der Waals surface area contributed by atoms with Crippen molar-refractivity contribution in [3.8, 4) is 0 Å². The highest BCUT2D eigenvalue weighted by Gasteiger charge is 2.14. The van der Waals surface area contributed by atoms with Crippen LogP contribution in [0.15, 0.2) is 29.1 Å². The van der Waals surface area contributed by atoms with Gasteiger partial charge in [0.25, 0.3) is 5.91 Å². The first-order valence-corrected chi connectivity index (χ1v) is 6.85. The predicted octanol–water partition coefficient (Wildman–Crippen LogP) is 3.72. The van der Waals surface area contributed by atoms with Crippen LogP contribution < -0.4 is 0 Å². The molecule has 6 heteroatoms. The van der Waals surface area contributed by atoms with Gasteiger partial charge in [-0.2, -0.15) is 11.3 Å². The molecule has 0 unspecified atom stereocenters. The third-order valence-corrected chi connectivity index (χ3v) is 3.81. The minimum absolute atomic E-state index is 0.132. The van der Waals surface area contributed by atoms with E-state index in [0.29, 0.717) is 12.1 Å². The smallest absolute Gasteiger partial charge is 0.255 e. The number of amides is 1. The Morgan fingerprint density at radius 2 is 2.28 bits per heavy atom. The number of aromatic nitrogens is 1. The summed E-state index contributed by atoms with van der Waals surface area (Å²) < 4.78 is 0. The maximum atomic E-state index is 12.1. The molecule has 94 valence electrons. The fraction of sp³-hybridized carbons (Fsp3) is 0.167. The normalized spacial score (nSPS) is 10.4. The Labute approximate surface area is 119 Å². The first-order chi connectivity index (χ1) is 8.58. The first-order valence-electron chi connectivity index (χ1n) is 5.15. The summed E-state index contributed by atoms with van der Waals surface area (Å²) in [6.45, 7) is 0.558. The van der Waals surface area contributed by atoms with Gasteiger partial charge in [-0.3, -0.25) is 4.79 Å². The number of carbonyl (C=O) groups is 1. The van der Waals surface area contributed by atoms with Crippen LogP contribution in [0, 0.1) is 0 Å². The van der Waals surface area contributed by atoms with E-state index in [-0.39, 0.29) is 16.1 Å². The largest absolute Gasteiger partial charge is 0.337 e. The van der Waals surface area contributed by atoms with Crippen molar-refractivity contribution in [2.45, 2.75) is 6.54 Å². The summed E-state index contributed by atoms with van der Waals surface area (Å²) in [5, 5.41) is 4.48. The van der Waals surface area contributed by atoms with Crippen molar-refractivity contribution >= 4 is 40.4 Å². The van der Waals surface area contributed by atoms with Crippen LogP contribution in [0.25, 0.3) is 0 Å². The molecule has 2 aromatic rings. The van der Waals surface area contributed by atoms with Gasteiger partial charge in [0, 0.05) is 19.8 Å². The van der Waals surface area contributed by atoms with Crippen molar-refractivity contribution in [2.24, 2.45) is 0 Å². The lowest BCUT2D eigenvalue weighted by Gasteiger charge is -2.16. The number of halogens is 2. The van der Waals surface area contributed by atoms with E-state index in [9.17, 15) is 4.79 Å². The zero-order valence-electron chi connectivity index (χ0n) is 9.56. The first kappa shape index (κ1) is 13.3. The highest BCUT2D eigenvalue weighted by Crippen LogP contribution is 2.20. The van der Waals surface area contributed by atoms with Gasteiger partial charge in [0.1, 0.15) is 5.15 Å². The van der Waals surface area contributed by atoms with Crippen LogP contribution >= 0.6 is 34.5 Å². The number of rotatable bonds is 3. The molecule has 0 N–H and O–H groups in total. The molecule has 0 aliphatic heterocycles. The van der Waals surface area contributed by atoms with Gasteiger partial charge in [0.05, 0.1) is 10.6 Å². The number of nitrogens with zero attached hydrogens (tertiary/aromatic N) is 2. The minimum atomic E-state index is -0.132. The summed E-state index contributed by atoms with van der Waals surface area (Å²) in [6.07, 6.45) is 1.43. The third kappa shape index (κ3) is 3.02. The molecule has 2 aromatic heterocycles. The number of hydrogen-bond donors (Lipinski definition) is 0. The lowest BCUT2D eigenvalue weighted by molar-refractivity contribution is 0.0785. The minimum Gasteiger partial charge on any atom is -0.337 e. The Hall–Kier alpha value is -1.10. The molecule has 0 bridgehead atoms. The molecule has 3 nitrogen and oxygen atoms in total. The van der Waals surface area contributed by atoms with Crippen LogP contribution in [0.2, 0.25) is 10.2 Å². The van der Waals surface area contributed by atoms with E-state index in [1.165, 1.54) is 12.3 Å². The van der Waals surface area contributed by atoms with Crippen LogP contribution in [-0.4, -0.2) is 22.8 Å². The van der Waals surface area contributed by atoms with Crippen molar-refractivity contribution in [1.82, 2.24) is 9.88 Å². The second-order valence-corrected chi connectivity index (χ2v) is 5.33. The second kappa shape index (κ2) is 5.69. The third-order valence-electron chi connectivity index (χ3n) is 2.39. The van der Waals surface area contributed by atoms with Gasteiger partial charge >= 0.3 is 0 Å². The van der Waals surface area contributed by atoms with Gasteiger partial charge in [-0.15, -0.1) is 0 Å². The highest BCUT2D eigenvalue weighted by atomic mass is 35.5. The van der Waals surface area contributed by atoms with Gasteiger partial charge in [-0.25, -0.2) is 4.98 Å². The zero-order chi connectivity index (χ0) is 13.1. The maximum Gasteiger partial charge on any atom is 0.255 e. The van der Waals surface area contributed by atoms with Crippen molar-refractivity contribution in [3.05, 3.63) is 50.4 Å². The molecule has 2 rings (SSSR count). The van der Waals surface area contributed by atoms with Crippen molar-refractivity contribution in [1.29, 1.82) is 0 Å². The van der Waals surface area contributed by atoms with E-state index >= 15 is 0 Å². The Bertz CT molecular complexity index is 557. The Kier molecular flexibility index (Phi) is 4.22. The number of carbonyl (C=O) groups excluding carboxylic acids is 1. The summed E-state index contributed by atoms with van der Waals surface area (Å²) in [5.41, 5.74) is 1.53. The molecule has 2 heterocycles. The Morgan fingerprint density at radius 1 is 1.50 bits per heavy atom. The second-order valence-electron chi connectivity index (χ2n) is 3.79. The van der Waals surface area contributed by atoms with Crippen molar-refractivity contribution in [2.75, 3.05) is 7.05 Å². The van der Waals surface area contributed by atoms with Gasteiger partial charge in [-0.1, -0.05) is 23.2 Å². The molecular weight excluding hydrogens is 291 g/mol. The Balaban J connectivity index is 2.12. The van der Waals surface area contributed by atoms with Crippen LogP contribution in [-0.2, 0) is 6.54 Å². The van der Waals surface area contributed by atoms with Gasteiger partial charge in [-0.05, 0) is 28.5 Å². The number of thiophene rings is 1. The summed E-state index contributed by atoms with van der Waals surface area (Å²) in [4.78, 5) is 17.6. The molecule has 0 aliphatic carbocycles. The molecule has 0 saturated carbocycles. The summed E-state index contributed by atoms with van der Waals surface area (Å²) >= 11 is 13.2. The summed E-state index contributed by atoms with van der Waals surface area (Å²) in [5.74, 6) is -0.132. The van der Waals surface area contributed by atoms with E-state index < -0.39 is 0 Å². The molecule has 0 aromatic carbocycles. The SMILES string of the molecule is CN(Cc1ccsc1)C(=O)c1cnc(Cl)c(Cl)c1. The van der Waals surface area contributed by atoms with Gasteiger partial charge in [0.15, 0.2) is 0 Å². The quantitative estimate of drug-likeness (QED) is 0.809.